The molecule has 0 aliphatic heterocycles. The summed E-state index contributed by atoms with van der Waals surface area (Å²) in [5.41, 5.74) is 6.00. The van der Waals surface area contributed by atoms with Crippen LogP contribution < -0.4 is 11.1 Å². The van der Waals surface area contributed by atoms with Crippen LogP contribution in [0, 0.1) is 5.82 Å². The Balaban J connectivity index is 2.27. The van der Waals surface area contributed by atoms with E-state index >= 15 is 0 Å². The van der Waals surface area contributed by atoms with Gasteiger partial charge in [0, 0.05) is 12.1 Å². The van der Waals surface area contributed by atoms with Crippen LogP contribution in [-0.2, 0) is 6.54 Å². The van der Waals surface area contributed by atoms with E-state index in [2.05, 4.69) is 5.32 Å². The predicted octanol–water partition coefficient (Wildman–Crippen LogP) is 2.23. The minimum Gasteiger partial charge on any atom is -0.478 e. The van der Waals surface area contributed by atoms with E-state index in [9.17, 15) is 14.0 Å². The summed E-state index contributed by atoms with van der Waals surface area (Å²) in [6.07, 6.45) is 0. The highest BCUT2D eigenvalue weighted by atomic mass is 19.1. The number of carboxylic acid groups (broad SMARTS) is 1. The number of halogens is 1. The topological polar surface area (TPSA) is 92.4 Å². The summed E-state index contributed by atoms with van der Waals surface area (Å²) in [4.78, 5) is 23.1. The number of carbonyl (C=O) groups is 2. The highest BCUT2D eigenvalue weighted by Crippen LogP contribution is 2.20. The minimum atomic E-state index is -1.44. The second-order valence-corrected chi connectivity index (χ2v) is 4.32. The lowest BCUT2D eigenvalue weighted by molar-refractivity contribution is 0.0693. The molecule has 1 amide bonds. The second-order valence-electron chi connectivity index (χ2n) is 4.32. The van der Waals surface area contributed by atoms with E-state index in [1.54, 1.807) is 24.3 Å². The second kappa shape index (κ2) is 6.15. The Morgan fingerprint density at radius 2 is 1.81 bits per heavy atom. The monoisotopic (exact) mass is 288 g/mol. The molecule has 0 fully saturated rings. The lowest BCUT2D eigenvalue weighted by Crippen LogP contribution is -2.16. The Labute approximate surface area is 120 Å². The van der Waals surface area contributed by atoms with Gasteiger partial charge in [0.25, 0.3) is 5.91 Å². The molecule has 2 aromatic carbocycles. The molecule has 108 valence electrons. The van der Waals surface area contributed by atoms with Gasteiger partial charge in [-0.3, -0.25) is 4.79 Å². The van der Waals surface area contributed by atoms with Crippen molar-refractivity contribution < 1.29 is 19.1 Å². The Morgan fingerprint density at radius 1 is 1.14 bits per heavy atom. The predicted molar refractivity (Wildman–Crippen MR) is 75.6 cm³/mol. The summed E-state index contributed by atoms with van der Waals surface area (Å²) in [6.45, 7) is 0.356. The van der Waals surface area contributed by atoms with Crippen molar-refractivity contribution in [3.05, 3.63) is 65.0 Å². The normalized spacial score (nSPS) is 10.2. The van der Waals surface area contributed by atoms with Gasteiger partial charge in [-0.25, -0.2) is 9.18 Å². The molecule has 0 saturated heterocycles. The van der Waals surface area contributed by atoms with Crippen LogP contribution in [0.1, 0.15) is 26.3 Å². The van der Waals surface area contributed by atoms with Crippen LogP contribution in [0.15, 0.2) is 42.5 Å². The summed E-state index contributed by atoms with van der Waals surface area (Å²) in [5.74, 6) is -2.87. The van der Waals surface area contributed by atoms with Crippen molar-refractivity contribution in [1.82, 2.24) is 0 Å². The van der Waals surface area contributed by atoms with Crippen LogP contribution in [0.25, 0.3) is 0 Å². The molecule has 0 bridgehead atoms. The van der Waals surface area contributed by atoms with Crippen LogP contribution in [0.2, 0.25) is 0 Å². The van der Waals surface area contributed by atoms with Gasteiger partial charge in [0.15, 0.2) is 0 Å². The minimum absolute atomic E-state index is 0.0876. The van der Waals surface area contributed by atoms with Crippen molar-refractivity contribution in [2.75, 3.05) is 5.32 Å². The van der Waals surface area contributed by atoms with E-state index in [1.165, 1.54) is 12.1 Å². The molecule has 21 heavy (non-hydrogen) atoms. The third-order valence-corrected chi connectivity index (χ3v) is 2.93. The number of aromatic carboxylic acids is 1. The fourth-order valence-corrected chi connectivity index (χ4v) is 1.83. The molecule has 0 atom stereocenters. The van der Waals surface area contributed by atoms with Crippen molar-refractivity contribution in [2.24, 2.45) is 5.73 Å². The molecule has 6 heteroatoms. The van der Waals surface area contributed by atoms with E-state index in [4.69, 9.17) is 10.8 Å². The first-order valence-electron chi connectivity index (χ1n) is 6.15. The zero-order valence-corrected chi connectivity index (χ0v) is 11.0. The summed E-state index contributed by atoms with van der Waals surface area (Å²) >= 11 is 0. The number of amides is 1. The number of anilines is 1. The first-order chi connectivity index (χ1) is 10.0. The van der Waals surface area contributed by atoms with Crippen LogP contribution in [0.3, 0.4) is 0 Å². The Hall–Kier alpha value is -2.73. The van der Waals surface area contributed by atoms with Crippen molar-refractivity contribution >= 4 is 17.6 Å². The van der Waals surface area contributed by atoms with E-state index in [-0.39, 0.29) is 5.69 Å². The molecule has 2 rings (SSSR count). The van der Waals surface area contributed by atoms with E-state index in [0.717, 1.165) is 11.6 Å². The van der Waals surface area contributed by atoms with Gasteiger partial charge in [-0.1, -0.05) is 18.2 Å². The van der Waals surface area contributed by atoms with E-state index in [0.29, 0.717) is 12.1 Å². The molecule has 0 aliphatic carbocycles. The summed E-state index contributed by atoms with van der Waals surface area (Å²) in [6, 6.07) is 10.2. The Kier molecular flexibility index (Phi) is 4.30. The zero-order valence-electron chi connectivity index (χ0n) is 11.0. The lowest BCUT2D eigenvalue weighted by Gasteiger charge is -2.09. The molecule has 0 unspecified atom stereocenters. The average Bonchev–Trinajstić information content (AvgIpc) is 2.47. The number of hydrogen-bond acceptors (Lipinski definition) is 3. The first kappa shape index (κ1) is 14.7. The van der Waals surface area contributed by atoms with Crippen LogP contribution in [-0.4, -0.2) is 17.0 Å². The Bertz CT molecular complexity index is 684. The van der Waals surface area contributed by atoms with Gasteiger partial charge in [0.2, 0.25) is 0 Å². The van der Waals surface area contributed by atoms with Gasteiger partial charge < -0.3 is 16.2 Å². The average molecular weight is 288 g/mol. The quantitative estimate of drug-likeness (QED) is 0.804. The highest BCUT2D eigenvalue weighted by Gasteiger charge is 2.17. The largest absolute Gasteiger partial charge is 0.478 e. The van der Waals surface area contributed by atoms with Gasteiger partial charge in [-0.15, -0.1) is 0 Å². The smallest absolute Gasteiger partial charge is 0.340 e. The number of nitrogens with one attached hydrogen (secondary N) is 1. The molecular weight excluding hydrogens is 275 g/mol. The van der Waals surface area contributed by atoms with Gasteiger partial charge in [0.1, 0.15) is 11.4 Å². The molecule has 0 aliphatic rings. The molecular formula is C15H13FN2O3. The third kappa shape index (κ3) is 3.24. The number of hydrogen-bond donors (Lipinski definition) is 3. The van der Waals surface area contributed by atoms with Crippen molar-refractivity contribution in [3.8, 4) is 0 Å². The molecule has 0 aromatic heterocycles. The number of carboxylic acids is 1. The number of nitrogens with two attached hydrogens (primary N) is 1. The molecule has 2 aromatic rings. The van der Waals surface area contributed by atoms with Gasteiger partial charge in [0.05, 0.1) is 5.69 Å². The van der Waals surface area contributed by atoms with Crippen molar-refractivity contribution in [2.45, 2.75) is 6.54 Å². The van der Waals surface area contributed by atoms with Crippen LogP contribution >= 0.6 is 0 Å². The van der Waals surface area contributed by atoms with Crippen molar-refractivity contribution in [1.29, 1.82) is 0 Å². The fourth-order valence-electron chi connectivity index (χ4n) is 1.83. The molecule has 0 heterocycles. The fraction of sp³-hybridized carbons (Fsp3) is 0.0667. The van der Waals surface area contributed by atoms with E-state index < -0.39 is 23.3 Å². The number of benzene rings is 2. The molecule has 0 saturated carbocycles. The van der Waals surface area contributed by atoms with E-state index in [1.807, 2.05) is 0 Å². The summed E-state index contributed by atoms with van der Waals surface area (Å²) < 4.78 is 13.5. The van der Waals surface area contributed by atoms with Crippen LogP contribution in [0.5, 0.6) is 0 Å². The zero-order chi connectivity index (χ0) is 15.4. The van der Waals surface area contributed by atoms with Gasteiger partial charge >= 0.3 is 5.97 Å². The van der Waals surface area contributed by atoms with Gasteiger partial charge in [-0.2, -0.15) is 0 Å². The molecule has 0 spiro atoms. The SMILES string of the molecule is NCc1ccc(C(=O)Nc2cccc(F)c2C(=O)O)cc1. The molecule has 5 nitrogen and oxygen atoms in total. The maximum absolute atomic E-state index is 13.5. The molecule has 4 N–H and O–H groups in total. The first-order valence-corrected chi connectivity index (χ1v) is 6.15. The summed E-state index contributed by atoms with van der Waals surface area (Å²) in [7, 11) is 0. The standard InChI is InChI=1S/C15H13FN2O3/c16-11-2-1-3-12(13(11)15(20)21)18-14(19)10-6-4-9(8-17)5-7-10/h1-7H,8,17H2,(H,18,19)(H,20,21). The van der Waals surface area contributed by atoms with Crippen LogP contribution in [0.4, 0.5) is 10.1 Å². The number of rotatable bonds is 4. The summed E-state index contributed by atoms with van der Waals surface area (Å²) in [5, 5.41) is 11.4. The lowest BCUT2D eigenvalue weighted by atomic mass is 10.1. The van der Waals surface area contributed by atoms with Gasteiger partial charge in [-0.05, 0) is 29.8 Å². The third-order valence-electron chi connectivity index (χ3n) is 2.93. The Morgan fingerprint density at radius 3 is 2.38 bits per heavy atom. The van der Waals surface area contributed by atoms with Crippen molar-refractivity contribution in [3.63, 3.8) is 0 Å². The number of carbonyl (C=O) groups excluding carboxylic acids is 1. The maximum Gasteiger partial charge on any atom is 0.340 e. The maximum atomic E-state index is 13.5. The molecule has 0 radical (unpaired) electrons. The highest BCUT2D eigenvalue weighted by molar-refractivity contribution is 6.07.